The highest BCUT2D eigenvalue weighted by Crippen LogP contribution is 2.51. The average Bonchev–Trinajstić information content (AvgIpc) is 4.07. The lowest BCUT2D eigenvalue weighted by Crippen LogP contribution is -2.53. The molecule has 324 valence electrons. The minimum atomic E-state index is -1.49. The summed E-state index contributed by atoms with van der Waals surface area (Å²) in [6, 6.07) is 16.4. The van der Waals surface area contributed by atoms with E-state index in [9.17, 15) is 19.5 Å². The SMILES string of the molecule is COC(=O)N[C@H](C(=O)N1C2C[Si](C)(C)CC2C[C@H]1c1ncc(-c2ccc(-c3ccc4c(ccc5nc([C@@H]6CCCN6C[C@@H](NC(=O)CO)C(C)C)[nH]c54)c3)c(F)c2)[nH]1)C(C)C. The van der Waals surface area contributed by atoms with Crippen LogP contribution in [0, 0.1) is 23.6 Å². The van der Waals surface area contributed by atoms with Crippen molar-refractivity contribution in [3.05, 3.63) is 72.2 Å². The number of carbonyl (C=O) groups excluding carboxylic acids is 3. The minimum absolute atomic E-state index is 0.0771. The largest absolute Gasteiger partial charge is 0.453 e. The summed E-state index contributed by atoms with van der Waals surface area (Å²) in [5.74, 6) is 1.12. The van der Waals surface area contributed by atoms with Gasteiger partial charge in [0.25, 0.3) is 0 Å². The number of nitrogens with zero attached hydrogens (tertiary/aromatic N) is 4. The van der Waals surface area contributed by atoms with Crippen molar-refractivity contribution in [2.45, 2.75) is 102 Å². The number of ether oxygens (including phenoxy) is 1. The number of amides is 3. The van der Waals surface area contributed by atoms with E-state index < -0.39 is 26.8 Å². The van der Waals surface area contributed by atoms with Crippen molar-refractivity contribution in [2.24, 2.45) is 17.8 Å². The highest BCUT2D eigenvalue weighted by molar-refractivity contribution is 6.78. The van der Waals surface area contributed by atoms with Gasteiger partial charge in [-0.05, 0) is 78.8 Å². The predicted molar refractivity (Wildman–Crippen MR) is 237 cm³/mol. The van der Waals surface area contributed by atoms with E-state index in [2.05, 4.69) is 52.4 Å². The van der Waals surface area contributed by atoms with Crippen LogP contribution in [0.2, 0.25) is 25.2 Å². The lowest BCUT2D eigenvalue weighted by Gasteiger charge is -2.34. The molecular weight excluding hydrogens is 792 g/mol. The number of nitrogens with one attached hydrogen (secondary N) is 4. The van der Waals surface area contributed by atoms with Gasteiger partial charge in [-0.25, -0.2) is 19.2 Å². The maximum atomic E-state index is 16.1. The number of carbonyl (C=O) groups is 3. The molecule has 3 aliphatic rings. The third kappa shape index (κ3) is 8.43. The molecule has 0 bridgehead atoms. The summed E-state index contributed by atoms with van der Waals surface area (Å²) < 4.78 is 21.0. The van der Waals surface area contributed by atoms with Crippen LogP contribution in [0.3, 0.4) is 0 Å². The van der Waals surface area contributed by atoms with Crippen LogP contribution in [0.4, 0.5) is 9.18 Å². The summed E-state index contributed by atoms with van der Waals surface area (Å²) in [5.41, 5.74) is 4.35. The Hall–Kier alpha value is -5.12. The van der Waals surface area contributed by atoms with Crippen LogP contribution < -0.4 is 10.6 Å². The Balaban J connectivity index is 1.02. The van der Waals surface area contributed by atoms with Crippen molar-refractivity contribution in [3.63, 3.8) is 0 Å². The molecule has 3 aliphatic heterocycles. The number of aromatic nitrogens is 4. The molecule has 13 nitrogen and oxygen atoms in total. The van der Waals surface area contributed by atoms with Crippen LogP contribution >= 0.6 is 0 Å². The molecule has 61 heavy (non-hydrogen) atoms. The normalized spacial score (nSPS) is 22.3. The van der Waals surface area contributed by atoms with E-state index in [1.165, 1.54) is 13.2 Å². The lowest BCUT2D eigenvalue weighted by molar-refractivity contribution is -0.137. The Bertz CT molecular complexity index is 2450. The summed E-state index contributed by atoms with van der Waals surface area (Å²) in [6.07, 6.45) is 3.84. The minimum Gasteiger partial charge on any atom is -0.453 e. The molecule has 15 heteroatoms. The lowest BCUT2D eigenvalue weighted by atomic mass is 9.98. The van der Waals surface area contributed by atoms with Crippen molar-refractivity contribution < 1.29 is 28.6 Å². The maximum absolute atomic E-state index is 16.1. The standard InChI is InChI=1S/C46H59FN8O5Si/c1-25(2)36(49-40(57)22-56)21-54-16-8-9-37(54)44-50-34-15-12-28-17-27(10-14-32(28)42(34)52-44)31-13-11-29(18-33(31)47)35-20-48-43(51-35)38-19-30-23-61(6,7)24-39(30)55(38)45(58)41(26(3)4)53-46(59)60-5/h10-15,17-18,20,25-26,30,36-39,41,56H,8-9,16,19,21-24H2,1-7H3,(H,48,51)(H,49,57)(H,50,52)(H,53,59)/t30?,36-,37+,38+,39?,41+/m1/s1. The van der Waals surface area contributed by atoms with Crippen LogP contribution in [0.25, 0.3) is 44.2 Å². The maximum Gasteiger partial charge on any atom is 0.407 e. The molecule has 5 N–H and O–H groups in total. The fraction of sp³-hybridized carbons (Fsp3) is 0.500. The van der Waals surface area contributed by atoms with Crippen LogP contribution in [-0.2, 0) is 14.3 Å². The van der Waals surface area contributed by atoms with Gasteiger partial charge in [0.05, 0.1) is 42.1 Å². The number of aliphatic hydroxyl groups is 1. The van der Waals surface area contributed by atoms with Crippen LogP contribution in [0.5, 0.6) is 0 Å². The van der Waals surface area contributed by atoms with Gasteiger partial charge in [0.1, 0.15) is 30.1 Å². The number of H-pyrrole nitrogens is 2. The summed E-state index contributed by atoms with van der Waals surface area (Å²) in [7, 11) is -0.189. The summed E-state index contributed by atoms with van der Waals surface area (Å²) >= 11 is 0. The molecule has 3 saturated heterocycles. The Labute approximate surface area is 357 Å². The fourth-order valence-electron chi connectivity index (χ4n) is 10.3. The molecule has 3 fully saturated rings. The molecule has 3 aromatic carbocycles. The molecule has 0 radical (unpaired) electrons. The van der Waals surface area contributed by atoms with Gasteiger partial charge in [-0.1, -0.05) is 77.2 Å². The highest BCUT2D eigenvalue weighted by Gasteiger charge is 2.54. The molecule has 2 unspecified atom stereocenters. The molecule has 0 aliphatic carbocycles. The quantitative estimate of drug-likeness (QED) is 0.0803. The van der Waals surface area contributed by atoms with Gasteiger partial charge in [0, 0.05) is 43.2 Å². The number of imidazole rings is 2. The average molecular weight is 851 g/mol. The monoisotopic (exact) mass is 850 g/mol. The van der Waals surface area contributed by atoms with Crippen LogP contribution in [0.1, 0.15) is 70.7 Å². The van der Waals surface area contributed by atoms with Gasteiger partial charge in [-0.3, -0.25) is 14.5 Å². The number of hydrogen-bond donors (Lipinski definition) is 5. The van der Waals surface area contributed by atoms with Gasteiger partial charge in [-0.2, -0.15) is 0 Å². The molecule has 6 atom stereocenters. The molecule has 5 heterocycles. The molecule has 8 rings (SSSR count). The molecule has 5 aromatic rings. The zero-order valence-corrected chi connectivity index (χ0v) is 37.2. The predicted octanol–water partition coefficient (Wildman–Crippen LogP) is 7.54. The van der Waals surface area contributed by atoms with E-state index in [0.29, 0.717) is 35.1 Å². The van der Waals surface area contributed by atoms with Crippen molar-refractivity contribution >= 4 is 47.8 Å². The van der Waals surface area contributed by atoms with E-state index in [4.69, 9.17) is 14.7 Å². The third-order valence-electron chi connectivity index (χ3n) is 13.4. The number of aromatic amines is 2. The van der Waals surface area contributed by atoms with E-state index in [0.717, 1.165) is 71.1 Å². The Morgan fingerprint density at radius 2 is 1.75 bits per heavy atom. The first kappa shape index (κ1) is 42.6. The Morgan fingerprint density at radius 1 is 0.967 bits per heavy atom. The summed E-state index contributed by atoms with van der Waals surface area (Å²) in [4.78, 5) is 59.9. The number of aliphatic hydroxyl groups excluding tert-OH is 1. The van der Waals surface area contributed by atoms with E-state index in [-0.39, 0.29) is 53.6 Å². The summed E-state index contributed by atoms with van der Waals surface area (Å²) in [6.45, 7) is 13.8. The summed E-state index contributed by atoms with van der Waals surface area (Å²) in [5, 5.41) is 17.0. The first-order valence-electron chi connectivity index (χ1n) is 21.7. The molecule has 2 aromatic heterocycles. The van der Waals surface area contributed by atoms with Crippen LogP contribution in [0.15, 0.2) is 54.7 Å². The van der Waals surface area contributed by atoms with Crippen molar-refractivity contribution in [3.8, 4) is 22.4 Å². The number of benzene rings is 3. The Kier molecular flexibility index (Phi) is 11.8. The van der Waals surface area contributed by atoms with Gasteiger partial charge in [0.2, 0.25) is 11.8 Å². The van der Waals surface area contributed by atoms with Gasteiger partial charge < -0.3 is 35.3 Å². The Morgan fingerprint density at radius 3 is 2.48 bits per heavy atom. The van der Waals surface area contributed by atoms with E-state index in [1.807, 2.05) is 55.1 Å². The van der Waals surface area contributed by atoms with Crippen LogP contribution in [-0.4, -0.2) is 106 Å². The number of hydrogen-bond acceptors (Lipinski definition) is 8. The molecule has 0 spiro atoms. The smallest absolute Gasteiger partial charge is 0.407 e. The van der Waals surface area contributed by atoms with Crippen molar-refractivity contribution in [2.75, 3.05) is 26.8 Å². The number of rotatable bonds is 12. The van der Waals surface area contributed by atoms with Gasteiger partial charge >= 0.3 is 6.09 Å². The van der Waals surface area contributed by atoms with E-state index >= 15 is 4.39 Å². The van der Waals surface area contributed by atoms with Gasteiger partial charge in [-0.15, -0.1) is 0 Å². The number of methoxy groups -OCH3 is 1. The number of alkyl carbamates (subject to hydrolysis) is 1. The first-order valence-corrected chi connectivity index (χ1v) is 25.1. The second-order valence-corrected chi connectivity index (χ2v) is 24.0. The second kappa shape index (κ2) is 17.0. The zero-order chi connectivity index (χ0) is 43.3. The van der Waals surface area contributed by atoms with Crippen molar-refractivity contribution in [1.29, 1.82) is 0 Å². The third-order valence-corrected chi connectivity index (χ3v) is 16.5. The molecule has 3 amide bonds. The fourth-order valence-corrected chi connectivity index (χ4v) is 14.0. The molecular formula is C46H59FN8O5Si. The number of halogens is 1. The number of likely N-dealkylation sites (tertiary alicyclic amines) is 2. The van der Waals surface area contributed by atoms with Gasteiger partial charge in [0.15, 0.2) is 0 Å². The molecule has 0 saturated carbocycles. The topological polar surface area (TPSA) is 169 Å². The highest BCUT2D eigenvalue weighted by atomic mass is 28.3. The second-order valence-electron chi connectivity index (χ2n) is 18.9. The zero-order valence-electron chi connectivity index (χ0n) is 36.2. The van der Waals surface area contributed by atoms with E-state index in [1.54, 1.807) is 12.3 Å². The van der Waals surface area contributed by atoms with Crippen molar-refractivity contribution in [1.82, 2.24) is 40.4 Å². The first-order chi connectivity index (χ1) is 29.1. The number of fused-ring (bicyclic) bond motifs is 4.